The molecular weight excluding hydrogens is 269 g/mol. The average Bonchev–Trinajstić information content (AvgIpc) is 2.03. The number of carboxylic acid groups (broad SMARTS) is 1. The van der Waals surface area contributed by atoms with Crippen molar-refractivity contribution in [2.75, 3.05) is 6.54 Å². The lowest BCUT2D eigenvalue weighted by Gasteiger charge is -2.13. The molecular formula is C8H12INO2. The normalized spacial score (nSPS) is 11.2. The minimum absolute atomic E-state index is 0.156. The van der Waals surface area contributed by atoms with Gasteiger partial charge >= 0.3 is 6.09 Å². The first-order valence-corrected chi connectivity index (χ1v) is 4.66. The Kier molecular flexibility index (Phi) is 5.89. The molecule has 0 rings (SSSR count). The molecule has 0 aliphatic heterocycles. The first kappa shape index (κ1) is 11.6. The molecule has 0 aliphatic rings. The molecule has 4 heteroatoms. The van der Waals surface area contributed by atoms with Gasteiger partial charge in [-0.1, -0.05) is 12.8 Å². The second-order valence-corrected chi connectivity index (χ2v) is 3.49. The highest BCUT2D eigenvalue weighted by Gasteiger charge is 2.12. The summed E-state index contributed by atoms with van der Waals surface area (Å²) < 4.78 is 1.23. The van der Waals surface area contributed by atoms with Crippen molar-refractivity contribution < 1.29 is 9.90 Å². The molecule has 1 amide bonds. The van der Waals surface area contributed by atoms with Crippen molar-refractivity contribution >= 4 is 29.0 Å². The zero-order valence-electron chi connectivity index (χ0n) is 7.17. The van der Waals surface area contributed by atoms with Crippen molar-refractivity contribution in [2.24, 2.45) is 5.92 Å². The molecule has 68 valence electrons. The Morgan fingerprint density at radius 1 is 1.75 bits per heavy atom. The highest BCUT2D eigenvalue weighted by Crippen LogP contribution is 2.08. The van der Waals surface area contributed by atoms with Crippen molar-refractivity contribution in [3.63, 3.8) is 0 Å². The zero-order valence-corrected chi connectivity index (χ0v) is 9.33. The van der Waals surface area contributed by atoms with Gasteiger partial charge in [-0.05, 0) is 13.3 Å². The third-order valence-corrected chi connectivity index (χ3v) is 2.24. The Balaban J connectivity index is 3.99. The van der Waals surface area contributed by atoms with Crippen molar-refractivity contribution in [1.29, 1.82) is 0 Å². The summed E-state index contributed by atoms with van der Waals surface area (Å²) in [6.07, 6.45) is -0.0277. The Morgan fingerprint density at radius 2 is 2.33 bits per heavy atom. The van der Waals surface area contributed by atoms with Gasteiger partial charge in [0.05, 0.1) is 22.9 Å². The van der Waals surface area contributed by atoms with E-state index < -0.39 is 6.09 Å². The van der Waals surface area contributed by atoms with E-state index in [-0.39, 0.29) is 5.92 Å². The average molecular weight is 281 g/mol. The maximum Gasteiger partial charge on any atom is 0.416 e. The van der Waals surface area contributed by atoms with Crippen molar-refractivity contribution in [3.8, 4) is 11.8 Å². The highest BCUT2D eigenvalue weighted by molar-refractivity contribution is 14.1. The summed E-state index contributed by atoms with van der Waals surface area (Å²) in [5, 5.41) is 8.56. The quantitative estimate of drug-likeness (QED) is 0.490. The molecule has 1 N–H and O–H groups in total. The Bertz CT molecular complexity index is 207. The van der Waals surface area contributed by atoms with E-state index in [9.17, 15) is 4.79 Å². The summed E-state index contributed by atoms with van der Waals surface area (Å²) >= 11 is 1.78. The van der Waals surface area contributed by atoms with Crippen LogP contribution in [-0.4, -0.2) is 20.9 Å². The fraction of sp³-hybridized carbons (Fsp3) is 0.625. The molecule has 0 heterocycles. The molecule has 0 fully saturated rings. The van der Waals surface area contributed by atoms with E-state index in [1.807, 2.05) is 6.92 Å². The molecule has 0 saturated carbocycles. The van der Waals surface area contributed by atoms with Crippen LogP contribution in [0.1, 0.15) is 20.3 Å². The first-order chi connectivity index (χ1) is 5.61. The standard InChI is InChI=1S/C8H12INO2/c1-3-5-7(4-2)6-10(9)8(11)12/h7H,4,6H2,1-2H3,(H,11,12). The third kappa shape index (κ3) is 4.44. The predicted octanol–water partition coefficient (Wildman–Crippen LogP) is 2.37. The van der Waals surface area contributed by atoms with Crippen LogP contribution < -0.4 is 0 Å². The molecule has 0 aromatic heterocycles. The molecule has 0 radical (unpaired) electrons. The fourth-order valence-corrected chi connectivity index (χ4v) is 1.23. The highest BCUT2D eigenvalue weighted by atomic mass is 127. The summed E-state index contributed by atoms with van der Waals surface area (Å²) in [6, 6.07) is 0. The molecule has 0 aliphatic carbocycles. The molecule has 12 heavy (non-hydrogen) atoms. The van der Waals surface area contributed by atoms with Crippen LogP contribution in [0.25, 0.3) is 0 Å². The summed E-state index contributed by atoms with van der Waals surface area (Å²) in [6.45, 7) is 4.25. The molecule has 1 unspecified atom stereocenters. The van der Waals surface area contributed by atoms with E-state index in [4.69, 9.17) is 5.11 Å². The second-order valence-electron chi connectivity index (χ2n) is 2.33. The van der Waals surface area contributed by atoms with E-state index in [1.165, 1.54) is 3.11 Å². The van der Waals surface area contributed by atoms with Gasteiger partial charge in [-0.15, -0.1) is 5.92 Å². The van der Waals surface area contributed by atoms with Crippen LogP contribution in [0.15, 0.2) is 0 Å². The van der Waals surface area contributed by atoms with Gasteiger partial charge in [-0.2, -0.15) is 0 Å². The Morgan fingerprint density at radius 3 is 2.67 bits per heavy atom. The van der Waals surface area contributed by atoms with Gasteiger partial charge in [0, 0.05) is 12.5 Å². The maximum absolute atomic E-state index is 10.4. The molecule has 0 bridgehead atoms. The van der Waals surface area contributed by atoms with Gasteiger partial charge in [-0.25, -0.2) is 7.91 Å². The van der Waals surface area contributed by atoms with Crippen LogP contribution in [0.2, 0.25) is 0 Å². The van der Waals surface area contributed by atoms with Crippen LogP contribution in [0.4, 0.5) is 4.79 Å². The number of halogens is 1. The first-order valence-electron chi connectivity index (χ1n) is 3.70. The zero-order chi connectivity index (χ0) is 9.56. The topological polar surface area (TPSA) is 40.5 Å². The van der Waals surface area contributed by atoms with E-state index in [1.54, 1.807) is 29.8 Å². The maximum atomic E-state index is 10.4. The molecule has 0 aromatic rings. The largest absolute Gasteiger partial charge is 0.464 e. The van der Waals surface area contributed by atoms with Crippen LogP contribution in [0.5, 0.6) is 0 Å². The van der Waals surface area contributed by atoms with Crippen LogP contribution >= 0.6 is 22.9 Å². The van der Waals surface area contributed by atoms with E-state index >= 15 is 0 Å². The molecule has 0 spiro atoms. The number of amides is 1. The smallest absolute Gasteiger partial charge is 0.416 e. The minimum atomic E-state index is -0.910. The van der Waals surface area contributed by atoms with Gasteiger partial charge in [0.1, 0.15) is 0 Å². The van der Waals surface area contributed by atoms with E-state index in [2.05, 4.69) is 11.8 Å². The lowest BCUT2D eigenvalue weighted by atomic mass is 10.1. The Labute approximate surface area is 86.6 Å². The fourth-order valence-electron chi connectivity index (χ4n) is 0.753. The van der Waals surface area contributed by atoms with E-state index in [0.717, 1.165) is 6.42 Å². The number of hydrogen-bond donors (Lipinski definition) is 1. The number of hydrogen-bond acceptors (Lipinski definition) is 1. The van der Waals surface area contributed by atoms with Crippen LogP contribution in [0, 0.1) is 17.8 Å². The summed E-state index contributed by atoms with van der Waals surface area (Å²) in [5.41, 5.74) is 0. The Hall–Kier alpha value is -0.440. The van der Waals surface area contributed by atoms with E-state index in [0.29, 0.717) is 6.54 Å². The minimum Gasteiger partial charge on any atom is -0.464 e. The number of rotatable bonds is 3. The number of nitrogens with zero attached hydrogens (tertiary/aromatic N) is 1. The second kappa shape index (κ2) is 6.12. The van der Waals surface area contributed by atoms with Crippen LogP contribution in [0.3, 0.4) is 0 Å². The van der Waals surface area contributed by atoms with Gasteiger partial charge in [0.25, 0.3) is 0 Å². The molecule has 0 saturated heterocycles. The van der Waals surface area contributed by atoms with Gasteiger partial charge in [0.2, 0.25) is 0 Å². The van der Waals surface area contributed by atoms with Crippen LogP contribution in [-0.2, 0) is 0 Å². The summed E-state index contributed by atoms with van der Waals surface area (Å²) in [5.74, 6) is 5.90. The lowest BCUT2D eigenvalue weighted by Crippen LogP contribution is -2.24. The molecule has 3 nitrogen and oxygen atoms in total. The van der Waals surface area contributed by atoms with Crippen molar-refractivity contribution in [1.82, 2.24) is 3.11 Å². The summed E-state index contributed by atoms with van der Waals surface area (Å²) in [4.78, 5) is 10.4. The monoisotopic (exact) mass is 281 g/mol. The van der Waals surface area contributed by atoms with Gasteiger partial charge < -0.3 is 5.11 Å². The molecule has 0 aromatic carbocycles. The lowest BCUT2D eigenvalue weighted by molar-refractivity contribution is 0.177. The number of carbonyl (C=O) groups is 1. The SMILES string of the molecule is CC#CC(CC)CN(I)C(=O)O. The molecule has 1 atom stereocenters. The predicted molar refractivity (Wildman–Crippen MR) is 56.0 cm³/mol. The summed E-state index contributed by atoms with van der Waals surface area (Å²) in [7, 11) is 0. The van der Waals surface area contributed by atoms with Crippen molar-refractivity contribution in [2.45, 2.75) is 20.3 Å². The van der Waals surface area contributed by atoms with Gasteiger partial charge in [-0.3, -0.25) is 0 Å². The third-order valence-electron chi connectivity index (χ3n) is 1.43. The van der Waals surface area contributed by atoms with Gasteiger partial charge in [0.15, 0.2) is 0 Å². The van der Waals surface area contributed by atoms with Crippen molar-refractivity contribution in [3.05, 3.63) is 0 Å².